The third-order valence-corrected chi connectivity index (χ3v) is 2.39. The molecule has 1 N–H and O–H groups in total. The van der Waals surface area contributed by atoms with Crippen molar-refractivity contribution in [3.05, 3.63) is 35.9 Å². The minimum atomic E-state index is -2.94. The van der Waals surface area contributed by atoms with Crippen molar-refractivity contribution in [3.8, 4) is 5.75 Å². The quantitative estimate of drug-likeness (QED) is 0.633. The zero-order chi connectivity index (χ0) is 10.6. The monoisotopic (exact) mass is 246 g/mol. The Balaban J connectivity index is 3.02. The molecule has 1 rings (SSSR count). The summed E-state index contributed by atoms with van der Waals surface area (Å²) in [4.78, 5) is 9.31. The second kappa shape index (κ2) is 4.99. The molecule has 0 aliphatic heterocycles. The van der Waals surface area contributed by atoms with Crippen LogP contribution in [0.1, 0.15) is 12.5 Å². The highest BCUT2D eigenvalue weighted by Gasteiger charge is 2.09. The molecule has 0 saturated heterocycles. The van der Waals surface area contributed by atoms with Crippen molar-refractivity contribution in [2.24, 2.45) is 0 Å². The molecule has 1 aromatic carbocycles. The molecular formula is C9H11O2PS2. The van der Waals surface area contributed by atoms with E-state index in [1.807, 2.05) is 37.3 Å². The van der Waals surface area contributed by atoms with E-state index in [1.54, 1.807) is 6.07 Å². The van der Waals surface area contributed by atoms with Gasteiger partial charge in [-0.05, 0) is 24.8 Å². The highest BCUT2D eigenvalue weighted by Crippen LogP contribution is 2.48. The van der Waals surface area contributed by atoms with Crippen molar-refractivity contribution in [2.75, 3.05) is 0 Å². The molecule has 76 valence electrons. The molecule has 0 spiro atoms. The van der Waals surface area contributed by atoms with Crippen LogP contribution in [0.15, 0.2) is 30.3 Å². The molecule has 0 saturated carbocycles. The van der Waals surface area contributed by atoms with Gasteiger partial charge >= 0.3 is 0 Å². The molecule has 0 aromatic heterocycles. The van der Waals surface area contributed by atoms with Gasteiger partial charge in [0.15, 0.2) is 0 Å². The van der Waals surface area contributed by atoms with Crippen molar-refractivity contribution in [1.29, 1.82) is 0 Å². The molecule has 0 bridgehead atoms. The lowest BCUT2D eigenvalue weighted by Crippen LogP contribution is -1.87. The number of benzene rings is 1. The molecule has 0 heterocycles. The Kier molecular flexibility index (Phi) is 4.20. The fourth-order valence-corrected chi connectivity index (χ4v) is 1.94. The van der Waals surface area contributed by atoms with E-state index in [2.05, 4.69) is 12.2 Å². The Morgan fingerprint density at radius 3 is 2.71 bits per heavy atom. The van der Waals surface area contributed by atoms with Gasteiger partial charge in [-0.15, -0.1) is 0 Å². The topological polar surface area (TPSA) is 29.5 Å². The van der Waals surface area contributed by atoms with Crippen molar-refractivity contribution in [3.63, 3.8) is 0 Å². The van der Waals surface area contributed by atoms with E-state index < -0.39 is 5.69 Å². The maximum Gasteiger partial charge on any atom is 0.291 e. The smallest absolute Gasteiger partial charge is 0.291 e. The molecule has 5 heteroatoms. The van der Waals surface area contributed by atoms with Crippen molar-refractivity contribution in [1.82, 2.24) is 0 Å². The van der Waals surface area contributed by atoms with Gasteiger partial charge in [0.1, 0.15) is 5.75 Å². The first kappa shape index (κ1) is 11.8. The second-order valence-electron chi connectivity index (χ2n) is 2.62. The van der Waals surface area contributed by atoms with Crippen LogP contribution in [0.25, 0.3) is 6.08 Å². The largest absolute Gasteiger partial charge is 0.436 e. The van der Waals surface area contributed by atoms with Crippen LogP contribution < -0.4 is 4.52 Å². The second-order valence-corrected chi connectivity index (χ2v) is 7.71. The molecule has 1 atom stereocenters. The zero-order valence-electron chi connectivity index (χ0n) is 7.62. The van der Waals surface area contributed by atoms with Crippen LogP contribution in [0, 0.1) is 0 Å². The summed E-state index contributed by atoms with van der Waals surface area (Å²) in [6.45, 7) is 1.91. The van der Waals surface area contributed by atoms with E-state index in [4.69, 9.17) is 16.3 Å². The van der Waals surface area contributed by atoms with E-state index in [0.29, 0.717) is 5.75 Å². The highest BCUT2D eigenvalue weighted by atomic mass is 32.9. The fourth-order valence-electron chi connectivity index (χ4n) is 1.01. The van der Waals surface area contributed by atoms with Crippen LogP contribution in [0.2, 0.25) is 0 Å². The summed E-state index contributed by atoms with van der Waals surface area (Å²) in [5, 5.41) is 0. The minimum absolute atomic E-state index is 0.562. The van der Waals surface area contributed by atoms with E-state index in [0.717, 1.165) is 5.56 Å². The van der Waals surface area contributed by atoms with Crippen LogP contribution in [0.5, 0.6) is 5.75 Å². The normalized spacial score (nSPS) is 15.4. The molecule has 0 fully saturated rings. The van der Waals surface area contributed by atoms with Gasteiger partial charge in [0.2, 0.25) is 0 Å². The van der Waals surface area contributed by atoms with Gasteiger partial charge in [0.05, 0.1) is 0 Å². The average Bonchev–Trinajstić information content (AvgIpc) is 2.06. The lowest BCUT2D eigenvalue weighted by atomic mass is 10.2. The average molecular weight is 246 g/mol. The number of rotatable bonds is 3. The summed E-state index contributed by atoms with van der Waals surface area (Å²) in [7, 11) is 0. The molecular weight excluding hydrogens is 235 g/mol. The zero-order valence-corrected chi connectivity index (χ0v) is 10.2. The molecule has 2 nitrogen and oxygen atoms in total. The van der Waals surface area contributed by atoms with E-state index >= 15 is 0 Å². The maximum atomic E-state index is 9.31. The van der Waals surface area contributed by atoms with Crippen LogP contribution in [0.3, 0.4) is 0 Å². The first-order valence-corrected chi connectivity index (χ1v) is 7.82. The standard InChI is InChI=1S/C9H11O2PS2/c1-2-5-8-6-3-4-7-9(8)11-12(10,13)14/h2-7H,1H3,(H2,10,13,14). The lowest BCUT2D eigenvalue weighted by Gasteiger charge is -2.12. The Morgan fingerprint density at radius 2 is 2.14 bits per heavy atom. The van der Waals surface area contributed by atoms with Gasteiger partial charge in [-0.3, -0.25) is 0 Å². The van der Waals surface area contributed by atoms with E-state index in [1.165, 1.54) is 0 Å². The number of thiol groups is 1. The molecule has 0 amide bonds. The number of allylic oxidation sites excluding steroid dienone is 1. The summed E-state index contributed by atoms with van der Waals surface area (Å²) >= 11 is 8.51. The Hall–Kier alpha value is -0.280. The van der Waals surface area contributed by atoms with Crippen LogP contribution in [0.4, 0.5) is 0 Å². The third kappa shape index (κ3) is 3.84. The molecule has 0 aliphatic carbocycles. The van der Waals surface area contributed by atoms with Gasteiger partial charge in [-0.2, -0.15) is 0 Å². The molecule has 1 unspecified atom stereocenters. The van der Waals surface area contributed by atoms with Gasteiger partial charge in [0.25, 0.3) is 5.69 Å². The molecule has 0 aliphatic rings. The summed E-state index contributed by atoms with van der Waals surface area (Å²) in [6.07, 6.45) is 3.77. The third-order valence-electron chi connectivity index (χ3n) is 1.48. The van der Waals surface area contributed by atoms with E-state index in [-0.39, 0.29) is 0 Å². The van der Waals surface area contributed by atoms with E-state index in [9.17, 15) is 4.89 Å². The predicted octanol–water partition coefficient (Wildman–Crippen LogP) is 3.25. The van der Waals surface area contributed by atoms with Gasteiger partial charge in [-0.1, -0.05) is 42.6 Å². The summed E-state index contributed by atoms with van der Waals surface area (Å²) in [5.41, 5.74) is -2.06. The predicted molar refractivity (Wildman–Crippen MR) is 67.3 cm³/mol. The van der Waals surface area contributed by atoms with Crippen molar-refractivity contribution < 1.29 is 9.42 Å². The lowest BCUT2D eigenvalue weighted by molar-refractivity contribution is 0.504. The first-order chi connectivity index (χ1) is 6.53. The summed E-state index contributed by atoms with van der Waals surface area (Å²) in [5.74, 6) is 0.562. The van der Waals surface area contributed by atoms with Crippen molar-refractivity contribution in [2.45, 2.75) is 6.92 Å². The Bertz CT molecular complexity index is 384. The SMILES string of the molecule is CC=Cc1ccccc1OP(O)(=S)S. The molecule has 1 aromatic rings. The Labute approximate surface area is 93.9 Å². The van der Waals surface area contributed by atoms with Crippen LogP contribution >= 0.6 is 17.9 Å². The maximum absolute atomic E-state index is 9.31. The minimum Gasteiger partial charge on any atom is -0.436 e. The van der Waals surface area contributed by atoms with Gasteiger partial charge < -0.3 is 9.42 Å². The van der Waals surface area contributed by atoms with Gasteiger partial charge in [-0.25, -0.2) is 0 Å². The summed E-state index contributed by atoms with van der Waals surface area (Å²) < 4.78 is 5.18. The summed E-state index contributed by atoms with van der Waals surface area (Å²) in [6, 6.07) is 7.35. The Morgan fingerprint density at radius 1 is 1.50 bits per heavy atom. The first-order valence-electron chi connectivity index (χ1n) is 4.00. The molecule has 14 heavy (non-hydrogen) atoms. The van der Waals surface area contributed by atoms with Crippen LogP contribution in [-0.4, -0.2) is 4.89 Å². The van der Waals surface area contributed by atoms with Gasteiger partial charge in [0, 0.05) is 5.56 Å². The van der Waals surface area contributed by atoms with Crippen LogP contribution in [-0.2, 0) is 11.8 Å². The molecule has 0 radical (unpaired) electrons. The van der Waals surface area contributed by atoms with Crippen molar-refractivity contribution >= 4 is 35.8 Å². The number of hydrogen-bond acceptors (Lipinski definition) is 2. The fraction of sp³-hybridized carbons (Fsp3) is 0.111. The number of para-hydroxylation sites is 1. The number of hydrogen-bond donors (Lipinski definition) is 2. The highest BCUT2D eigenvalue weighted by molar-refractivity contribution is 8.59.